The predicted octanol–water partition coefficient (Wildman–Crippen LogP) is 1.47. The number of anilines is 1. The van der Waals surface area contributed by atoms with Crippen LogP contribution in [0.1, 0.15) is 32.0 Å². The Balaban J connectivity index is 2.45. The van der Waals surface area contributed by atoms with Gasteiger partial charge in [-0.2, -0.15) is 5.10 Å². The largest absolute Gasteiger partial charge is 0.351 e. The van der Waals surface area contributed by atoms with E-state index in [9.17, 15) is 10.1 Å². The molecule has 1 atom stereocenters. The Morgan fingerprint density at radius 1 is 1.58 bits per heavy atom. The summed E-state index contributed by atoms with van der Waals surface area (Å²) in [5, 5.41) is 15.6. The molecule has 1 fully saturated rings. The molecule has 1 aromatic rings. The summed E-state index contributed by atoms with van der Waals surface area (Å²) in [4.78, 5) is 13.0. The Labute approximate surface area is 112 Å². The van der Waals surface area contributed by atoms with Crippen molar-refractivity contribution < 1.29 is 4.92 Å². The van der Waals surface area contributed by atoms with E-state index in [1.165, 1.54) is 0 Å². The molecular formula is C12H21N5O2. The zero-order valence-electron chi connectivity index (χ0n) is 11.7. The van der Waals surface area contributed by atoms with Gasteiger partial charge in [-0.3, -0.25) is 10.1 Å². The van der Waals surface area contributed by atoms with Crippen molar-refractivity contribution in [1.82, 2.24) is 9.78 Å². The molecule has 1 aliphatic rings. The Morgan fingerprint density at radius 3 is 2.74 bits per heavy atom. The van der Waals surface area contributed by atoms with Gasteiger partial charge in [0.2, 0.25) is 5.82 Å². The average molecular weight is 267 g/mol. The van der Waals surface area contributed by atoms with E-state index in [-0.39, 0.29) is 16.7 Å². The molecule has 0 amide bonds. The molecule has 2 heterocycles. The van der Waals surface area contributed by atoms with Crippen molar-refractivity contribution >= 4 is 11.5 Å². The maximum atomic E-state index is 11.3. The van der Waals surface area contributed by atoms with Crippen LogP contribution in [0.25, 0.3) is 0 Å². The maximum absolute atomic E-state index is 11.3. The number of hydrogen-bond acceptors (Lipinski definition) is 5. The second-order valence-corrected chi connectivity index (χ2v) is 5.39. The van der Waals surface area contributed by atoms with Gasteiger partial charge in [-0.05, 0) is 39.7 Å². The van der Waals surface area contributed by atoms with Crippen LogP contribution in [0.15, 0.2) is 0 Å². The summed E-state index contributed by atoms with van der Waals surface area (Å²) < 4.78 is 1.76. The van der Waals surface area contributed by atoms with Gasteiger partial charge in [-0.1, -0.05) is 0 Å². The molecule has 106 valence electrons. The third kappa shape index (κ3) is 2.42. The molecule has 0 aliphatic carbocycles. The van der Waals surface area contributed by atoms with E-state index in [0.29, 0.717) is 24.0 Å². The summed E-state index contributed by atoms with van der Waals surface area (Å²) in [6, 6.07) is 0.0966. The second kappa shape index (κ2) is 5.16. The molecule has 2 N–H and O–H groups in total. The van der Waals surface area contributed by atoms with Gasteiger partial charge in [0.05, 0.1) is 4.92 Å². The van der Waals surface area contributed by atoms with Crippen molar-refractivity contribution in [3.05, 3.63) is 15.8 Å². The fourth-order valence-corrected chi connectivity index (χ4v) is 2.61. The first-order valence-corrected chi connectivity index (χ1v) is 6.64. The van der Waals surface area contributed by atoms with Crippen LogP contribution < -0.4 is 10.6 Å². The van der Waals surface area contributed by atoms with Gasteiger partial charge >= 0.3 is 5.69 Å². The molecule has 7 heteroatoms. The topological polar surface area (TPSA) is 90.2 Å². The van der Waals surface area contributed by atoms with Gasteiger partial charge in [-0.25, -0.2) is 4.68 Å². The van der Waals surface area contributed by atoms with E-state index in [0.717, 1.165) is 19.5 Å². The Hall–Kier alpha value is -1.63. The number of aromatic nitrogens is 2. The summed E-state index contributed by atoms with van der Waals surface area (Å²) in [5.41, 5.74) is 6.30. The molecule has 1 unspecified atom stereocenters. The monoisotopic (exact) mass is 267 g/mol. The van der Waals surface area contributed by atoms with Crippen molar-refractivity contribution in [2.75, 3.05) is 24.5 Å². The van der Waals surface area contributed by atoms with Crippen molar-refractivity contribution in [2.45, 2.75) is 33.2 Å². The lowest BCUT2D eigenvalue weighted by Crippen LogP contribution is -2.26. The lowest BCUT2D eigenvalue weighted by atomic mass is 10.1. The number of nitrogens with zero attached hydrogens (tertiary/aromatic N) is 4. The normalized spacial score (nSPS) is 19.4. The SMILES string of the molecule is Cc1nn(C(C)C)c(N2CCC(CN)C2)c1[N+](=O)[O-]. The molecule has 1 aliphatic heterocycles. The summed E-state index contributed by atoms with van der Waals surface area (Å²) in [5.74, 6) is 1.05. The van der Waals surface area contributed by atoms with E-state index >= 15 is 0 Å². The van der Waals surface area contributed by atoms with Gasteiger partial charge in [0.1, 0.15) is 5.69 Å². The fraction of sp³-hybridized carbons (Fsp3) is 0.750. The number of nitro groups is 1. The highest BCUT2D eigenvalue weighted by molar-refractivity contribution is 5.62. The molecule has 1 saturated heterocycles. The fourth-order valence-electron chi connectivity index (χ4n) is 2.61. The first kappa shape index (κ1) is 13.8. The van der Waals surface area contributed by atoms with E-state index in [4.69, 9.17) is 5.73 Å². The van der Waals surface area contributed by atoms with Gasteiger partial charge in [0, 0.05) is 19.1 Å². The smallest absolute Gasteiger partial charge is 0.333 e. The van der Waals surface area contributed by atoms with E-state index < -0.39 is 0 Å². The third-order valence-corrected chi connectivity index (χ3v) is 3.62. The van der Waals surface area contributed by atoms with Gasteiger partial charge in [0.25, 0.3) is 0 Å². The Morgan fingerprint density at radius 2 is 2.26 bits per heavy atom. The molecule has 0 spiro atoms. The Kier molecular flexibility index (Phi) is 3.75. The quantitative estimate of drug-likeness (QED) is 0.659. The minimum absolute atomic E-state index is 0.0966. The number of hydrogen-bond donors (Lipinski definition) is 1. The van der Waals surface area contributed by atoms with Crippen LogP contribution in [0, 0.1) is 23.0 Å². The van der Waals surface area contributed by atoms with Crippen LogP contribution >= 0.6 is 0 Å². The number of nitrogens with two attached hydrogens (primary N) is 1. The van der Waals surface area contributed by atoms with Crippen LogP contribution in [0.3, 0.4) is 0 Å². The lowest BCUT2D eigenvalue weighted by molar-refractivity contribution is -0.384. The first-order chi connectivity index (χ1) is 8.95. The van der Waals surface area contributed by atoms with Gasteiger partial charge in [-0.15, -0.1) is 0 Å². The maximum Gasteiger partial charge on any atom is 0.333 e. The minimum atomic E-state index is -0.327. The van der Waals surface area contributed by atoms with E-state index in [2.05, 4.69) is 10.00 Å². The molecular weight excluding hydrogens is 246 g/mol. The average Bonchev–Trinajstić information content (AvgIpc) is 2.91. The second-order valence-electron chi connectivity index (χ2n) is 5.39. The molecule has 7 nitrogen and oxygen atoms in total. The minimum Gasteiger partial charge on any atom is -0.351 e. The molecule has 0 saturated carbocycles. The first-order valence-electron chi connectivity index (χ1n) is 6.64. The van der Waals surface area contributed by atoms with Crippen LogP contribution in [0.2, 0.25) is 0 Å². The summed E-state index contributed by atoms with van der Waals surface area (Å²) >= 11 is 0. The predicted molar refractivity (Wildman–Crippen MR) is 73.4 cm³/mol. The lowest BCUT2D eigenvalue weighted by Gasteiger charge is -2.20. The van der Waals surface area contributed by atoms with Crippen LogP contribution in [-0.2, 0) is 0 Å². The zero-order chi connectivity index (χ0) is 14.2. The van der Waals surface area contributed by atoms with Crippen molar-refractivity contribution in [2.24, 2.45) is 11.7 Å². The summed E-state index contributed by atoms with van der Waals surface area (Å²) in [6.45, 7) is 7.86. The highest BCUT2D eigenvalue weighted by atomic mass is 16.6. The highest BCUT2D eigenvalue weighted by Crippen LogP contribution is 2.36. The van der Waals surface area contributed by atoms with Gasteiger partial charge in [0.15, 0.2) is 0 Å². The van der Waals surface area contributed by atoms with Crippen molar-refractivity contribution in [1.29, 1.82) is 0 Å². The number of aryl methyl sites for hydroxylation is 1. The van der Waals surface area contributed by atoms with Crippen LogP contribution in [0.5, 0.6) is 0 Å². The molecule has 2 rings (SSSR count). The van der Waals surface area contributed by atoms with Crippen LogP contribution in [-0.4, -0.2) is 34.3 Å². The van der Waals surface area contributed by atoms with Gasteiger partial charge < -0.3 is 10.6 Å². The van der Waals surface area contributed by atoms with E-state index in [1.807, 2.05) is 13.8 Å². The standard InChI is InChI=1S/C12H21N5O2/c1-8(2)16-12(11(17(18)19)9(3)14-16)15-5-4-10(6-13)7-15/h8,10H,4-7,13H2,1-3H3. The summed E-state index contributed by atoms with van der Waals surface area (Å²) in [7, 11) is 0. The molecule has 1 aromatic heterocycles. The summed E-state index contributed by atoms with van der Waals surface area (Å²) in [6.07, 6.45) is 0.982. The molecule has 0 aromatic carbocycles. The third-order valence-electron chi connectivity index (χ3n) is 3.62. The Bertz CT molecular complexity index is 483. The molecule has 0 radical (unpaired) electrons. The number of rotatable bonds is 4. The molecule has 19 heavy (non-hydrogen) atoms. The van der Waals surface area contributed by atoms with E-state index in [1.54, 1.807) is 11.6 Å². The van der Waals surface area contributed by atoms with Crippen LogP contribution in [0.4, 0.5) is 11.5 Å². The van der Waals surface area contributed by atoms with Crippen molar-refractivity contribution in [3.63, 3.8) is 0 Å². The van der Waals surface area contributed by atoms with Crippen molar-refractivity contribution in [3.8, 4) is 0 Å². The zero-order valence-corrected chi connectivity index (χ0v) is 11.7. The highest BCUT2D eigenvalue weighted by Gasteiger charge is 2.34. The molecule has 0 bridgehead atoms.